The van der Waals surface area contributed by atoms with Gasteiger partial charge < -0.3 is 4.98 Å². The van der Waals surface area contributed by atoms with Gasteiger partial charge in [-0.15, -0.1) is 0 Å². The van der Waals surface area contributed by atoms with Crippen molar-refractivity contribution in [2.24, 2.45) is 0 Å². The van der Waals surface area contributed by atoms with Crippen LogP contribution < -0.4 is 4.72 Å². The van der Waals surface area contributed by atoms with Crippen LogP contribution >= 0.6 is 11.6 Å². The second-order valence-electron chi connectivity index (χ2n) is 7.29. The smallest absolute Gasteiger partial charge is 0.365 e. The lowest BCUT2D eigenvalue weighted by atomic mass is 9.98. The Morgan fingerprint density at radius 1 is 1.21 bits per heavy atom. The van der Waals surface area contributed by atoms with Crippen LogP contribution in [0.25, 0.3) is 5.57 Å². The van der Waals surface area contributed by atoms with E-state index >= 15 is 0 Å². The van der Waals surface area contributed by atoms with Gasteiger partial charge in [0.15, 0.2) is 0 Å². The summed E-state index contributed by atoms with van der Waals surface area (Å²) in [6, 6.07) is 5.45. The number of alkyl halides is 3. The molecule has 0 aliphatic heterocycles. The maximum atomic E-state index is 13.4. The van der Waals surface area contributed by atoms with Crippen LogP contribution in [0.1, 0.15) is 32.9 Å². The fourth-order valence-corrected chi connectivity index (χ4v) is 4.49. The molecular formula is C23H19ClF3N3O3S. The van der Waals surface area contributed by atoms with Crippen molar-refractivity contribution < 1.29 is 26.4 Å². The lowest BCUT2D eigenvalue weighted by molar-refractivity contribution is -0.138. The number of H-pyrrole nitrogens is 1. The molecule has 0 atom stereocenters. The number of anilines is 1. The van der Waals surface area contributed by atoms with Gasteiger partial charge in [0.1, 0.15) is 5.69 Å². The van der Waals surface area contributed by atoms with E-state index in [0.717, 1.165) is 24.4 Å². The van der Waals surface area contributed by atoms with E-state index in [1.165, 1.54) is 19.1 Å². The lowest BCUT2D eigenvalue weighted by Gasteiger charge is -2.15. The summed E-state index contributed by atoms with van der Waals surface area (Å²) in [5, 5.41) is 0.0150. The molecule has 178 valence electrons. The van der Waals surface area contributed by atoms with Crippen molar-refractivity contribution in [2.45, 2.75) is 24.9 Å². The molecule has 0 aliphatic carbocycles. The maximum Gasteiger partial charge on any atom is 0.416 e. The predicted molar refractivity (Wildman–Crippen MR) is 124 cm³/mol. The number of Topliss-reactive ketones (excluding diaryl/α,β-unsaturated/α-hetero) is 1. The number of sulfonamides is 1. The number of hydrogen-bond donors (Lipinski definition) is 2. The average Bonchev–Trinajstić information content (AvgIpc) is 3.16. The summed E-state index contributed by atoms with van der Waals surface area (Å²) in [5.74, 6) is -0.642. The lowest BCUT2D eigenvalue weighted by Crippen LogP contribution is -2.18. The number of nitrogens with one attached hydrogen (secondary N) is 2. The Bertz CT molecular complexity index is 1410. The van der Waals surface area contributed by atoms with E-state index in [1.54, 1.807) is 19.2 Å². The number of allylic oxidation sites excluding steroid dienone is 3. The molecule has 1 aromatic carbocycles. The maximum absolute atomic E-state index is 13.4. The third kappa shape index (κ3) is 5.23. The SMILES string of the molecule is C=C/C=C(/C(=O)c1ncc(Cl)cc1NS(=O)(=O)c1ccc(C)c(C(F)(F)F)c1)c1cc[nH]c1C. The number of carbonyl (C=O) groups is 1. The van der Waals surface area contributed by atoms with Crippen molar-refractivity contribution in [1.82, 2.24) is 9.97 Å². The summed E-state index contributed by atoms with van der Waals surface area (Å²) in [4.78, 5) is 19.7. The minimum absolute atomic E-state index is 0.0150. The number of ketones is 1. The second-order valence-corrected chi connectivity index (χ2v) is 9.41. The quantitative estimate of drug-likeness (QED) is 0.234. The van der Waals surface area contributed by atoms with Crippen LogP contribution in [-0.2, 0) is 16.2 Å². The summed E-state index contributed by atoms with van der Waals surface area (Å²) in [6.07, 6.45) is 0.888. The number of carbonyl (C=O) groups excluding carboxylic acids is 1. The van der Waals surface area contributed by atoms with E-state index in [9.17, 15) is 26.4 Å². The molecule has 34 heavy (non-hydrogen) atoms. The van der Waals surface area contributed by atoms with Gasteiger partial charge in [-0.2, -0.15) is 13.2 Å². The summed E-state index contributed by atoms with van der Waals surface area (Å²) in [5.41, 5.74) is -0.387. The molecule has 2 aromatic heterocycles. The number of pyridine rings is 1. The molecule has 0 unspecified atom stereocenters. The van der Waals surface area contributed by atoms with E-state index in [1.807, 2.05) is 0 Å². The van der Waals surface area contributed by atoms with Gasteiger partial charge >= 0.3 is 6.18 Å². The highest BCUT2D eigenvalue weighted by Gasteiger charge is 2.34. The van der Waals surface area contributed by atoms with Crippen LogP contribution in [0.3, 0.4) is 0 Å². The molecule has 3 aromatic rings. The molecular weight excluding hydrogens is 491 g/mol. The minimum Gasteiger partial charge on any atom is -0.365 e. The molecule has 6 nitrogen and oxygen atoms in total. The fraction of sp³-hybridized carbons (Fsp3) is 0.130. The van der Waals surface area contributed by atoms with Gasteiger partial charge in [-0.3, -0.25) is 9.52 Å². The molecule has 3 rings (SSSR count). The normalized spacial score (nSPS) is 12.5. The zero-order chi connectivity index (χ0) is 25.3. The first-order valence-corrected chi connectivity index (χ1v) is 11.6. The Hall–Kier alpha value is -3.37. The van der Waals surface area contributed by atoms with E-state index in [2.05, 4.69) is 21.3 Å². The Morgan fingerprint density at radius 3 is 2.50 bits per heavy atom. The highest BCUT2D eigenvalue weighted by Crippen LogP contribution is 2.34. The van der Waals surface area contributed by atoms with Gasteiger partial charge in [0, 0.05) is 29.2 Å². The Kier molecular flexibility index (Phi) is 7.04. The van der Waals surface area contributed by atoms with Crippen LogP contribution in [0.15, 0.2) is 66.4 Å². The monoisotopic (exact) mass is 509 g/mol. The molecule has 0 spiro atoms. The Labute approximate surface area is 199 Å². The van der Waals surface area contributed by atoms with Crippen LogP contribution in [0.4, 0.5) is 18.9 Å². The van der Waals surface area contributed by atoms with Crippen LogP contribution in [0.5, 0.6) is 0 Å². The molecule has 0 bridgehead atoms. The first-order chi connectivity index (χ1) is 15.8. The third-order valence-corrected chi connectivity index (χ3v) is 6.48. The molecule has 2 N–H and O–H groups in total. The number of benzene rings is 1. The summed E-state index contributed by atoms with van der Waals surface area (Å²) in [7, 11) is -4.53. The minimum atomic E-state index is -4.74. The van der Waals surface area contributed by atoms with Gasteiger partial charge in [0.2, 0.25) is 5.78 Å². The molecule has 0 fully saturated rings. The average molecular weight is 510 g/mol. The number of hydrogen-bond acceptors (Lipinski definition) is 4. The number of aryl methyl sites for hydroxylation is 2. The van der Waals surface area contributed by atoms with Gasteiger partial charge in [0.05, 0.1) is 21.2 Å². The zero-order valence-corrected chi connectivity index (χ0v) is 19.6. The van der Waals surface area contributed by atoms with Gasteiger partial charge in [-0.1, -0.05) is 36.4 Å². The summed E-state index contributed by atoms with van der Waals surface area (Å²) in [6.45, 7) is 6.57. The topological polar surface area (TPSA) is 91.9 Å². The first-order valence-electron chi connectivity index (χ1n) is 9.73. The van der Waals surface area contributed by atoms with Crippen LogP contribution in [-0.4, -0.2) is 24.2 Å². The van der Waals surface area contributed by atoms with Crippen molar-refractivity contribution in [3.05, 3.63) is 94.6 Å². The second kappa shape index (κ2) is 9.47. The van der Waals surface area contributed by atoms with Crippen molar-refractivity contribution in [3.8, 4) is 0 Å². The molecule has 0 amide bonds. The predicted octanol–water partition coefficient (Wildman–Crippen LogP) is 5.95. The van der Waals surface area contributed by atoms with Crippen LogP contribution in [0.2, 0.25) is 5.02 Å². The van der Waals surface area contributed by atoms with Crippen molar-refractivity contribution in [2.75, 3.05) is 4.72 Å². The number of aromatic nitrogens is 2. The zero-order valence-electron chi connectivity index (χ0n) is 18.0. The highest BCUT2D eigenvalue weighted by molar-refractivity contribution is 7.92. The third-order valence-electron chi connectivity index (χ3n) is 4.91. The van der Waals surface area contributed by atoms with Crippen molar-refractivity contribution in [1.29, 1.82) is 0 Å². The molecule has 0 radical (unpaired) electrons. The fourth-order valence-electron chi connectivity index (χ4n) is 3.25. The molecule has 11 heteroatoms. The van der Waals surface area contributed by atoms with Gasteiger partial charge in [0.25, 0.3) is 10.0 Å². The van der Waals surface area contributed by atoms with E-state index < -0.39 is 32.4 Å². The number of aromatic amines is 1. The number of rotatable bonds is 7. The summed E-state index contributed by atoms with van der Waals surface area (Å²) >= 11 is 5.97. The molecule has 0 aliphatic rings. The molecule has 0 saturated heterocycles. The van der Waals surface area contributed by atoms with Gasteiger partial charge in [-0.05, 0) is 43.7 Å². The summed E-state index contributed by atoms with van der Waals surface area (Å²) < 4.78 is 67.9. The van der Waals surface area contributed by atoms with Crippen molar-refractivity contribution >= 4 is 38.7 Å². The van der Waals surface area contributed by atoms with Crippen LogP contribution in [0, 0.1) is 13.8 Å². The Morgan fingerprint density at radius 2 is 1.91 bits per heavy atom. The molecule has 2 heterocycles. The highest BCUT2D eigenvalue weighted by atomic mass is 35.5. The van der Waals surface area contributed by atoms with E-state index in [-0.39, 0.29) is 27.5 Å². The molecule has 0 saturated carbocycles. The number of nitrogens with zero attached hydrogens (tertiary/aromatic N) is 1. The van der Waals surface area contributed by atoms with Crippen molar-refractivity contribution in [3.63, 3.8) is 0 Å². The van der Waals surface area contributed by atoms with E-state index in [0.29, 0.717) is 17.3 Å². The van der Waals surface area contributed by atoms with E-state index in [4.69, 9.17) is 11.6 Å². The Balaban J connectivity index is 2.08. The van der Waals surface area contributed by atoms with Gasteiger partial charge in [-0.25, -0.2) is 13.4 Å². The first kappa shape index (κ1) is 25.3. The standard InChI is InChI=1S/C23H19ClF3N3O3S/c1-4-5-18(17-8-9-28-14(17)3)22(31)21-20(10-15(24)12-29-21)30-34(32,33)16-7-6-13(2)19(11-16)23(25,26)27/h4-12,28,30H,1H2,2-3H3/b18-5+. The largest absolute Gasteiger partial charge is 0.416 e. The number of halogens is 4.